The summed E-state index contributed by atoms with van der Waals surface area (Å²) in [6.45, 7) is 0. The predicted octanol–water partition coefficient (Wildman–Crippen LogP) is 11.7. The van der Waals surface area contributed by atoms with E-state index in [1.165, 1.54) is 0 Å². The Morgan fingerprint density at radius 2 is 0.855 bits per heavy atom. The van der Waals surface area contributed by atoms with Crippen LogP contribution in [0.25, 0.3) is 107 Å². The molecule has 1 aliphatic heterocycles. The van der Waals surface area contributed by atoms with Crippen LogP contribution in [0.5, 0.6) is 0 Å². The van der Waals surface area contributed by atoms with E-state index in [0.29, 0.717) is 17.5 Å². The highest BCUT2D eigenvalue weighted by atomic mass is 15.1. The van der Waals surface area contributed by atoms with Crippen LogP contribution in [0.4, 0.5) is 0 Å². The summed E-state index contributed by atoms with van der Waals surface area (Å²) in [5.74, 6) is 2.77. The fourth-order valence-corrected chi connectivity index (χ4v) is 7.78. The van der Waals surface area contributed by atoms with Crippen LogP contribution in [0, 0.1) is 0 Å². The van der Waals surface area contributed by atoms with Crippen molar-refractivity contribution in [3.8, 4) is 84.7 Å². The Morgan fingerprint density at radius 3 is 1.60 bits per heavy atom. The highest BCUT2D eigenvalue weighted by molar-refractivity contribution is 6.05. The molecule has 0 bridgehead atoms. The summed E-state index contributed by atoms with van der Waals surface area (Å²) in [4.78, 5) is 25.4. The fourth-order valence-electron chi connectivity index (χ4n) is 7.78. The van der Waals surface area contributed by atoms with Crippen molar-refractivity contribution in [1.82, 2.24) is 29.5 Å². The molecule has 0 aliphatic carbocycles. The standard InChI is InChI=1S/C49H30N6/c1-3-14-31(15-4-1)46-52-47(32-16-5-2-6-17-32)54-48(53-46)36-21-11-19-33(28-36)34-20-12-22-37(29-34)49-51-42-26-13-24-38-40-30-35-18-7-9-25-41(35)50-44(40)39-23-8-10-27-43(39)55(49)45(38)42/h1-30H. The minimum atomic E-state index is 0.621. The smallest absolute Gasteiger partial charge is 0.164 e. The molecule has 0 unspecified atom stereocenters. The van der Waals surface area contributed by atoms with E-state index in [-0.39, 0.29) is 0 Å². The van der Waals surface area contributed by atoms with Crippen molar-refractivity contribution in [2.24, 2.45) is 0 Å². The van der Waals surface area contributed by atoms with Gasteiger partial charge in [-0.15, -0.1) is 0 Å². The highest BCUT2D eigenvalue weighted by Gasteiger charge is 2.26. The number of rotatable bonds is 5. The molecule has 6 nitrogen and oxygen atoms in total. The molecule has 3 aromatic heterocycles. The van der Waals surface area contributed by atoms with Crippen LogP contribution in [-0.4, -0.2) is 29.5 Å². The lowest BCUT2D eigenvalue weighted by Crippen LogP contribution is -2.00. The molecule has 0 saturated heterocycles. The van der Waals surface area contributed by atoms with Gasteiger partial charge >= 0.3 is 0 Å². The summed E-state index contributed by atoms with van der Waals surface area (Å²) in [5, 5.41) is 1.11. The maximum atomic E-state index is 5.32. The number of fused-ring (bicyclic) bond motifs is 6. The zero-order valence-corrected chi connectivity index (χ0v) is 29.5. The van der Waals surface area contributed by atoms with Crippen molar-refractivity contribution in [3.05, 3.63) is 182 Å². The van der Waals surface area contributed by atoms with Crippen molar-refractivity contribution >= 4 is 21.9 Å². The third-order valence-corrected chi connectivity index (χ3v) is 10.4. The first-order valence-corrected chi connectivity index (χ1v) is 18.3. The molecule has 0 amide bonds. The molecule has 0 spiro atoms. The van der Waals surface area contributed by atoms with Gasteiger partial charge in [0.15, 0.2) is 17.5 Å². The van der Waals surface area contributed by atoms with E-state index in [1.807, 2.05) is 66.7 Å². The zero-order valence-electron chi connectivity index (χ0n) is 29.5. The molecule has 1 aliphatic rings. The van der Waals surface area contributed by atoms with Crippen LogP contribution >= 0.6 is 0 Å². The van der Waals surface area contributed by atoms with E-state index in [2.05, 4.69) is 120 Å². The molecule has 0 radical (unpaired) electrons. The second kappa shape index (κ2) is 12.5. The number of benzene rings is 7. The Hall–Kier alpha value is -7.57. The molecule has 11 rings (SSSR count). The molecule has 256 valence electrons. The van der Waals surface area contributed by atoms with Gasteiger partial charge in [0.1, 0.15) is 5.82 Å². The van der Waals surface area contributed by atoms with Gasteiger partial charge in [-0.2, -0.15) is 0 Å². The molecule has 0 saturated carbocycles. The molecular formula is C49H30N6. The molecule has 6 heteroatoms. The van der Waals surface area contributed by atoms with Crippen molar-refractivity contribution in [2.75, 3.05) is 0 Å². The second-order valence-corrected chi connectivity index (χ2v) is 13.7. The van der Waals surface area contributed by atoms with Crippen LogP contribution < -0.4 is 0 Å². The molecular weight excluding hydrogens is 673 g/mol. The Balaban J connectivity index is 1.06. The Morgan fingerprint density at radius 1 is 0.327 bits per heavy atom. The molecule has 7 aromatic carbocycles. The van der Waals surface area contributed by atoms with E-state index in [4.69, 9.17) is 24.9 Å². The number of pyridine rings is 1. The van der Waals surface area contributed by atoms with Gasteiger partial charge in [-0.1, -0.05) is 146 Å². The number of hydrogen-bond acceptors (Lipinski definition) is 5. The number of para-hydroxylation sites is 3. The molecule has 0 fully saturated rings. The van der Waals surface area contributed by atoms with Gasteiger partial charge in [-0.05, 0) is 47.5 Å². The van der Waals surface area contributed by atoms with Crippen LogP contribution in [-0.2, 0) is 0 Å². The van der Waals surface area contributed by atoms with E-state index in [1.54, 1.807) is 0 Å². The van der Waals surface area contributed by atoms with Gasteiger partial charge in [0.25, 0.3) is 0 Å². The van der Waals surface area contributed by atoms with E-state index in [0.717, 1.165) is 89.2 Å². The van der Waals surface area contributed by atoms with Gasteiger partial charge in [0, 0.05) is 44.3 Å². The molecule has 10 aromatic rings. The third-order valence-electron chi connectivity index (χ3n) is 10.4. The fraction of sp³-hybridized carbons (Fsp3) is 0. The molecule has 55 heavy (non-hydrogen) atoms. The van der Waals surface area contributed by atoms with Crippen molar-refractivity contribution < 1.29 is 0 Å². The molecule has 0 N–H and O–H groups in total. The van der Waals surface area contributed by atoms with Gasteiger partial charge in [0.2, 0.25) is 0 Å². The minimum absolute atomic E-state index is 0.621. The lowest BCUT2D eigenvalue weighted by molar-refractivity contribution is 1.07. The van der Waals surface area contributed by atoms with Crippen LogP contribution in [0.1, 0.15) is 0 Å². The van der Waals surface area contributed by atoms with Crippen molar-refractivity contribution in [2.45, 2.75) is 0 Å². The number of hydrogen-bond donors (Lipinski definition) is 0. The highest BCUT2D eigenvalue weighted by Crippen LogP contribution is 2.45. The Kier molecular flexibility index (Phi) is 7.07. The number of nitrogens with zero attached hydrogens (tertiary/aromatic N) is 6. The van der Waals surface area contributed by atoms with Crippen LogP contribution in [0.15, 0.2) is 182 Å². The van der Waals surface area contributed by atoms with Gasteiger partial charge in [-0.25, -0.2) is 24.9 Å². The average Bonchev–Trinajstić information content (AvgIpc) is 3.61. The second-order valence-electron chi connectivity index (χ2n) is 13.7. The largest absolute Gasteiger partial charge is 0.291 e. The first kappa shape index (κ1) is 31.0. The van der Waals surface area contributed by atoms with E-state index in [9.17, 15) is 0 Å². The lowest BCUT2D eigenvalue weighted by atomic mass is 9.97. The lowest BCUT2D eigenvalue weighted by Gasteiger charge is -2.14. The maximum absolute atomic E-state index is 5.32. The normalized spacial score (nSPS) is 11.6. The number of imidazole rings is 1. The SMILES string of the molecule is c1ccc(-c2nc(-c3ccccc3)nc(-c3cccc(-c4cccc(-c5nc6cccc7c6n5-c5ccccc5-c5nc6ccccc6cc5-7)c4)c3)n2)cc1. The molecule has 0 atom stereocenters. The van der Waals surface area contributed by atoms with Gasteiger partial charge in [0.05, 0.1) is 27.9 Å². The Labute approximate surface area is 317 Å². The third kappa shape index (κ3) is 5.23. The van der Waals surface area contributed by atoms with E-state index >= 15 is 0 Å². The predicted molar refractivity (Wildman–Crippen MR) is 221 cm³/mol. The summed E-state index contributed by atoms with van der Waals surface area (Å²) in [6.07, 6.45) is 0. The summed E-state index contributed by atoms with van der Waals surface area (Å²) in [5.41, 5.74) is 14.3. The monoisotopic (exact) mass is 702 g/mol. The minimum Gasteiger partial charge on any atom is -0.291 e. The first-order chi connectivity index (χ1) is 27.2. The van der Waals surface area contributed by atoms with Crippen LogP contribution in [0.3, 0.4) is 0 Å². The average molecular weight is 703 g/mol. The van der Waals surface area contributed by atoms with E-state index < -0.39 is 0 Å². The summed E-state index contributed by atoms with van der Waals surface area (Å²) in [6, 6.07) is 62.8. The van der Waals surface area contributed by atoms with Crippen LogP contribution in [0.2, 0.25) is 0 Å². The van der Waals surface area contributed by atoms with Crippen molar-refractivity contribution in [3.63, 3.8) is 0 Å². The zero-order chi connectivity index (χ0) is 36.3. The first-order valence-electron chi connectivity index (χ1n) is 18.3. The quantitative estimate of drug-likeness (QED) is 0.179. The van der Waals surface area contributed by atoms with Gasteiger partial charge in [-0.3, -0.25) is 4.57 Å². The Bertz CT molecular complexity index is 3040. The summed E-state index contributed by atoms with van der Waals surface area (Å²) < 4.78 is 2.32. The molecule has 4 heterocycles. The summed E-state index contributed by atoms with van der Waals surface area (Å²) >= 11 is 0. The topological polar surface area (TPSA) is 69.4 Å². The number of aromatic nitrogens is 6. The maximum Gasteiger partial charge on any atom is 0.164 e. The van der Waals surface area contributed by atoms with Crippen molar-refractivity contribution in [1.29, 1.82) is 0 Å². The summed E-state index contributed by atoms with van der Waals surface area (Å²) in [7, 11) is 0. The van der Waals surface area contributed by atoms with Gasteiger partial charge < -0.3 is 0 Å².